The fourth-order valence-corrected chi connectivity index (χ4v) is 2.03. The van der Waals surface area contributed by atoms with Crippen LogP contribution in [0.3, 0.4) is 0 Å². The Morgan fingerprint density at radius 3 is 2.62 bits per heavy atom. The van der Waals surface area contributed by atoms with Crippen molar-refractivity contribution in [2.45, 2.75) is 31.8 Å². The maximum atomic E-state index is 11.9. The number of ether oxygens (including phenoxy) is 1. The smallest absolute Gasteiger partial charge is 0.254 e. The summed E-state index contributed by atoms with van der Waals surface area (Å²) in [7, 11) is 1.64. The van der Waals surface area contributed by atoms with Gasteiger partial charge in [-0.3, -0.25) is 4.79 Å². The van der Waals surface area contributed by atoms with E-state index in [2.05, 4.69) is 6.92 Å². The molecule has 3 heteroatoms. The number of carbonyl (C=O) groups is 1. The lowest BCUT2D eigenvalue weighted by atomic mass is 10.2. The van der Waals surface area contributed by atoms with E-state index in [0.29, 0.717) is 5.92 Å². The van der Waals surface area contributed by atoms with Gasteiger partial charge in [-0.2, -0.15) is 0 Å². The van der Waals surface area contributed by atoms with Crippen LogP contribution in [0.25, 0.3) is 0 Å². The molecule has 0 spiro atoms. The number of hydrogen-bond acceptors (Lipinski definition) is 2. The lowest BCUT2D eigenvalue weighted by Gasteiger charge is -2.21. The first-order valence-corrected chi connectivity index (χ1v) is 5.02. The van der Waals surface area contributed by atoms with E-state index in [1.807, 2.05) is 4.90 Å². The van der Waals surface area contributed by atoms with Crippen molar-refractivity contribution in [3.63, 3.8) is 0 Å². The van der Waals surface area contributed by atoms with Gasteiger partial charge in [0.1, 0.15) is 5.60 Å². The molecule has 1 amide bonds. The highest BCUT2D eigenvalue weighted by Gasteiger charge is 2.52. The number of amides is 1. The van der Waals surface area contributed by atoms with E-state index in [0.717, 1.165) is 32.4 Å². The number of methoxy groups -OCH3 is 1. The molecule has 1 unspecified atom stereocenters. The minimum Gasteiger partial charge on any atom is -0.368 e. The van der Waals surface area contributed by atoms with Crippen LogP contribution in [0.5, 0.6) is 0 Å². The van der Waals surface area contributed by atoms with Crippen LogP contribution < -0.4 is 0 Å². The number of carbonyl (C=O) groups excluding carboxylic acids is 1. The summed E-state index contributed by atoms with van der Waals surface area (Å²) in [4.78, 5) is 13.9. The number of rotatable bonds is 2. The van der Waals surface area contributed by atoms with Gasteiger partial charge in [-0.1, -0.05) is 6.92 Å². The van der Waals surface area contributed by atoms with Crippen LogP contribution >= 0.6 is 0 Å². The largest absolute Gasteiger partial charge is 0.368 e. The summed E-state index contributed by atoms with van der Waals surface area (Å²) in [5, 5.41) is 0. The molecule has 1 atom stereocenters. The van der Waals surface area contributed by atoms with Crippen LogP contribution in [-0.2, 0) is 9.53 Å². The molecule has 1 saturated heterocycles. The summed E-state index contributed by atoms with van der Waals surface area (Å²) >= 11 is 0. The van der Waals surface area contributed by atoms with E-state index < -0.39 is 5.60 Å². The lowest BCUT2D eigenvalue weighted by Crippen LogP contribution is -2.40. The van der Waals surface area contributed by atoms with Crippen molar-refractivity contribution in [2.24, 2.45) is 5.92 Å². The SMILES string of the molecule is COC1(C(=O)N2CCC(C)C2)CC1. The molecule has 0 aromatic rings. The first-order chi connectivity index (χ1) is 6.18. The van der Waals surface area contributed by atoms with Gasteiger partial charge >= 0.3 is 0 Å². The van der Waals surface area contributed by atoms with Gasteiger partial charge in [0.05, 0.1) is 0 Å². The second kappa shape index (κ2) is 2.98. The van der Waals surface area contributed by atoms with Crippen molar-refractivity contribution in [2.75, 3.05) is 20.2 Å². The van der Waals surface area contributed by atoms with Crippen LogP contribution in [-0.4, -0.2) is 36.6 Å². The molecule has 0 radical (unpaired) electrons. The highest BCUT2D eigenvalue weighted by atomic mass is 16.5. The molecule has 2 rings (SSSR count). The van der Waals surface area contributed by atoms with E-state index in [1.165, 1.54) is 0 Å². The molecule has 1 aliphatic carbocycles. The fourth-order valence-electron chi connectivity index (χ4n) is 2.03. The van der Waals surface area contributed by atoms with Gasteiger partial charge in [-0.25, -0.2) is 0 Å². The first kappa shape index (κ1) is 9.00. The Bertz CT molecular complexity index is 223. The van der Waals surface area contributed by atoms with E-state index in [9.17, 15) is 4.79 Å². The summed E-state index contributed by atoms with van der Waals surface area (Å²) in [6, 6.07) is 0. The zero-order valence-electron chi connectivity index (χ0n) is 8.38. The van der Waals surface area contributed by atoms with Gasteiger partial charge in [-0.15, -0.1) is 0 Å². The number of nitrogens with zero attached hydrogens (tertiary/aromatic N) is 1. The monoisotopic (exact) mass is 183 g/mol. The second-order valence-corrected chi connectivity index (χ2v) is 4.34. The topological polar surface area (TPSA) is 29.5 Å². The summed E-state index contributed by atoms with van der Waals surface area (Å²) < 4.78 is 5.27. The molecule has 1 aliphatic heterocycles. The molecule has 0 bridgehead atoms. The van der Waals surface area contributed by atoms with Crippen molar-refractivity contribution in [3.8, 4) is 0 Å². The van der Waals surface area contributed by atoms with E-state index >= 15 is 0 Å². The van der Waals surface area contributed by atoms with Crippen molar-refractivity contribution in [1.29, 1.82) is 0 Å². The molecule has 13 heavy (non-hydrogen) atoms. The van der Waals surface area contributed by atoms with Gasteiger partial charge in [0.25, 0.3) is 5.91 Å². The molecule has 0 aromatic carbocycles. The number of likely N-dealkylation sites (tertiary alicyclic amines) is 1. The standard InChI is InChI=1S/C10H17NO2/c1-8-3-6-11(7-8)9(12)10(13-2)4-5-10/h8H,3-7H2,1-2H3. The first-order valence-electron chi connectivity index (χ1n) is 5.02. The third kappa shape index (κ3) is 1.46. The zero-order chi connectivity index (χ0) is 9.47. The Balaban J connectivity index is 1.98. The number of hydrogen-bond donors (Lipinski definition) is 0. The van der Waals surface area contributed by atoms with Crippen molar-refractivity contribution in [3.05, 3.63) is 0 Å². The van der Waals surface area contributed by atoms with Gasteiger partial charge in [0.15, 0.2) is 0 Å². The molecular formula is C10H17NO2. The highest BCUT2D eigenvalue weighted by molar-refractivity contribution is 5.88. The van der Waals surface area contributed by atoms with E-state index in [-0.39, 0.29) is 5.91 Å². The quantitative estimate of drug-likeness (QED) is 0.640. The Labute approximate surface area is 79.0 Å². The maximum absolute atomic E-state index is 11.9. The van der Waals surface area contributed by atoms with Crippen LogP contribution in [0.1, 0.15) is 26.2 Å². The molecule has 0 N–H and O–H groups in total. The summed E-state index contributed by atoms with van der Waals surface area (Å²) in [6.45, 7) is 4.04. The van der Waals surface area contributed by atoms with Crippen LogP contribution in [0.15, 0.2) is 0 Å². The zero-order valence-corrected chi connectivity index (χ0v) is 8.38. The van der Waals surface area contributed by atoms with Gasteiger partial charge in [0, 0.05) is 20.2 Å². The lowest BCUT2D eigenvalue weighted by molar-refractivity contribution is -0.143. The minimum absolute atomic E-state index is 0.222. The highest BCUT2D eigenvalue weighted by Crippen LogP contribution is 2.41. The third-order valence-electron chi connectivity index (χ3n) is 3.20. The Kier molecular flexibility index (Phi) is 2.06. The molecule has 2 fully saturated rings. The van der Waals surface area contributed by atoms with Crippen molar-refractivity contribution >= 4 is 5.91 Å². The Morgan fingerprint density at radius 2 is 2.23 bits per heavy atom. The predicted octanol–water partition coefficient (Wildman–Crippen LogP) is 1.03. The normalized spacial score (nSPS) is 30.6. The fraction of sp³-hybridized carbons (Fsp3) is 0.900. The van der Waals surface area contributed by atoms with Crippen LogP contribution in [0.2, 0.25) is 0 Å². The van der Waals surface area contributed by atoms with Gasteiger partial charge < -0.3 is 9.64 Å². The third-order valence-corrected chi connectivity index (χ3v) is 3.20. The summed E-state index contributed by atoms with van der Waals surface area (Å²) in [5.41, 5.74) is -0.413. The van der Waals surface area contributed by atoms with Crippen molar-refractivity contribution < 1.29 is 9.53 Å². The predicted molar refractivity (Wildman–Crippen MR) is 49.3 cm³/mol. The molecular weight excluding hydrogens is 166 g/mol. The van der Waals surface area contributed by atoms with E-state index in [4.69, 9.17) is 4.74 Å². The molecule has 3 nitrogen and oxygen atoms in total. The van der Waals surface area contributed by atoms with Crippen molar-refractivity contribution in [1.82, 2.24) is 4.90 Å². The summed E-state index contributed by atoms with van der Waals surface area (Å²) in [6.07, 6.45) is 2.96. The van der Waals surface area contributed by atoms with Crippen LogP contribution in [0, 0.1) is 5.92 Å². The molecule has 1 saturated carbocycles. The van der Waals surface area contributed by atoms with Crippen LogP contribution in [0.4, 0.5) is 0 Å². The minimum atomic E-state index is -0.413. The second-order valence-electron chi connectivity index (χ2n) is 4.34. The molecule has 74 valence electrons. The average molecular weight is 183 g/mol. The Hall–Kier alpha value is -0.570. The molecule has 0 aromatic heterocycles. The molecule has 2 aliphatic rings. The van der Waals surface area contributed by atoms with Gasteiger partial charge in [0.2, 0.25) is 0 Å². The molecule has 1 heterocycles. The maximum Gasteiger partial charge on any atom is 0.254 e. The van der Waals surface area contributed by atoms with Gasteiger partial charge in [-0.05, 0) is 25.2 Å². The average Bonchev–Trinajstić information content (AvgIpc) is 2.82. The van der Waals surface area contributed by atoms with E-state index in [1.54, 1.807) is 7.11 Å². The Morgan fingerprint density at radius 1 is 1.54 bits per heavy atom. The summed E-state index contributed by atoms with van der Waals surface area (Å²) in [5.74, 6) is 0.885.